The molecular weight excluding hydrogens is 304 g/mol. The van der Waals surface area contributed by atoms with Gasteiger partial charge in [-0.05, 0) is 43.5 Å². The van der Waals surface area contributed by atoms with Crippen LogP contribution in [0, 0.1) is 6.92 Å². The topological polar surface area (TPSA) is 42.7 Å². The first-order valence-electron chi connectivity index (χ1n) is 7.22. The van der Waals surface area contributed by atoms with E-state index in [2.05, 4.69) is 32.2 Å². The van der Waals surface area contributed by atoms with E-state index in [-0.39, 0.29) is 0 Å². The summed E-state index contributed by atoms with van der Waals surface area (Å²) in [7, 11) is 0. The Balaban J connectivity index is 1.67. The average molecular weight is 323 g/mol. The van der Waals surface area contributed by atoms with Crippen molar-refractivity contribution in [2.75, 3.05) is 13.1 Å². The van der Waals surface area contributed by atoms with E-state index in [1.807, 2.05) is 19.3 Å². The lowest BCUT2D eigenvalue weighted by atomic mass is 10.1. The molecule has 0 spiro atoms. The molecular formula is C15H19ClN4S. The minimum atomic E-state index is 0.475. The number of piperidine rings is 1. The van der Waals surface area contributed by atoms with E-state index in [9.17, 15) is 0 Å². The molecule has 1 aliphatic heterocycles. The van der Waals surface area contributed by atoms with Crippen molar-refractivity contribution in [2.45, 2.75) is 36.7 Å². The van der Waals surface area contributed by atoms with Crippen molar-refractivity contribution in [3.8, 4) is 0 Å². The summed E-state index contributed by atoms with van der Waals surface area (Å²) in [6, 6.07) is 6.65. The third-order valence-corrected chi connectivity index (χ3v) is 5.25. The number of halogens is 1. The van der Waals surface area contributed by atoms with Crippen LogP contribution in [0.4, 0.5) is 0 Å². The van der Waals surface area contributed by atoms with Crippen molar-refractivity contribution in [1.82, 2.24) is 20.1 Å². The van der Waals surface area contributed by atoms with Crippen LogP contribution in [0.1, 0.15) is 30.0 Å². The van der Waals surface area contributed by atoms with Crippen LogP contribution < -0.4 is 5.32 Å². The minimum Gasteiger partial charge on any atom is -0.315 e. The summed E-state index contributed by atoms with van der Waals surface area (Å²) in [5.74, 6) is 0.886. The molecule has 1 atom stereocenters. The maximum Gasteiger partial charge on any atom is 0.191 e. The molecule has 1 N–H and O–H groups in total. The van der Waals surface area contributed by atoms with Gasteiger partial charge in [0.25, 0.3) is 0 Å². The molecule has 1 unspecified atom stereocenters. The zero-order chi connectivity index (χ0) is 14.7. The molecule has 6 heteroatoms. The van der Waals surface area contributed by atoms with Gasteiger partial charge in [0.15, 0.2) is 5.16 Å². The number of benzene rings is 1. The summed E-state index contributed by atoms with van der Waals surface area (Å²) in [4.78, 5) is 0. The number of thioether (sulfide) groups is 1. The lowest BCUT2D eigenvalue weighted by molar-refractivity contribution is 0.354. The van der Waals surface area contributed by atoms with Crippen molar-refractivity contribution in [2.24, 2.45) is 0 Å². The molecule has 0 bridgehead atoms. The molecule has 1 fully saturated rings. The van der Waals surface area contributed by atoms with Crippen LogP contribution in [0.2, 0.25) is 5.02 Å². The van der Waals surface area contributed by atoms with Gasteiger partial charge in [-0.25, -0.2) is 0 Å². The van der Waals surface area contributed by atoms with Crippen molar-refractivity contribution in [1.29, 1.82) is 0 Å². The van der Waals surface area contributed by atoms with Gasteiger partial charge < -0.3 is 9.88 Å². The highest BCUT2D eigenvalue weighted by Gasteiger charge is 2.18. The highest BCUT2D eigenvalue weighted by atomic mass is 35.5. The van der Waals surface area contributed by atoms with Crippen molar-refractivity contribution >= 4 is 23.4 Å². The largest absolute Gasteiger partial charge is 0.315 e. The first kappa shape index (κ1) is 14.9. The number of hydrogen-bond acceptors (Lipinski definition) is 4. The van der Waals surface area contributed by atoms with E-state index in [1.54, 1.807) is 11.8 Å². The third-order valence-electron chi connectivity index (χ3n) is 3.79. The van der Waals surface area contributed by atoms with E-state index in [4.69, 9.17) is 11.6 Å². The van der Waals surface area contributed by atoms with Crippen LogP contribution in [0.3, 0.4) is 0 Å². The molecule has 0 radical (unpaired) electrons. The fourth-order valence-corrected chi connectivity index (χ4v) is 3.64. The van der Waals surface area contributed by atoms with Crippen LogP contribution in [0.15, 0.2) is 29.7 Å². The van der Waals surface area contributed by atoms with Gasteiger partial charge in [-0.1, -0.05) is 35.5 Å². The average Bonchev–Trinajstić information content (AvgIpc) is 2.98. The zero-order valence-electron chi connectivity index (χ0n) is 12.1. The maximum absolute atomic E-state index is 6.07. The van der Waals surface area contributed by atoms with E-state index in [0.29, 0.717) is 6.04 Å². The van der Waals surface area contributed by atoms with E-state index < -0.39 is 0 Å². The molecule has 2 heterocycles. The monoisotopic (exact) mass is 322 g/mol. The summed E-state index contributed by atoms with van der Waals surface area (Å²) in [6.07, 6.45) is 4.26. The molecule has 4 nitrogen and oxygen atoms in total. The number of rotatable bonds is 4. The lowest BCUT2D eigenvalue weighted by Gasteiger charge is -2.24. The van der Waals surface area contributed by atoms with Gasteiger partial charge >= 0.3 is 0 Å². The lowest BCUT2D eigenvalue weighted by Crippen LogP contribution is -2.31. The third kappa shape index (κ3) is 3.59. The molecule has 1 saturated heterocycles. The molecule has 1 aromatic carbocycles. The first-order chi connectivity index (χ1) is 10.2. The Hall–Kier alpha value is -1.04. The van der Waals surface area contributed by atoms with Crippen molar-refractivity contribution < 1.29 is 0 Å². The van der Waals surface area contributed by atoms with Gasteiger partial charge in [-0.2, -0.15) is 0 Å². The Labute approximate surface area is 134 Å². The molecule has 2 aromatic rings. The predicted molar refractivity (Wildman–Crippen MR) is 86.9 cm³/mol. The van der Waals surface area contributed by atoms with Gasteiger partial charge in [0.2, 0.25) is 0 Å². The Morgan fingerprint density at radius 2 is 2.38 bits per heavy atom. The second kappa shape index (κ2) is 6.81. The summed E-state index contributed by atoms with van der Waals surface area (Å²) < 4.78 is 2.21. The van der Waals surface area contributed by atoms with E-state index >= 15 is 0 Å². The number of aromatic nitrogens is 3. The van der Waals surface area contributed by atoms with E-state index in [0.717, 1.165) is 34.6 Å². The van der Waals surface area contributed by atoms with Gasteiger partial charge in [-0.15, -0.1) is 10.2 Å². The fourth-order valence-electron chi connectivity index (χ4n) is 2.60. The normalized spacial score (nSPS) is 18.9. The molecule has 1 aliphatic rings. The molecule has 0 saturated carbocycles. The molecule has 1 aromatic heterocycles. The fraction of sp³-hybridized carbons (Fsp3) is 0.467. The number of aryl methyl sites for hydroxylation is 1. The van der Waals surface area contributed by atoms with Crippen LogP contribution >= 0.6 is 23.4 Å². The molecule has 112 valence electrons. The molecule has 21 heavy (non-hydrogen) atoms. The number of nitrogens with one attached hydrogen (secondary N) is 1. The number of nitrogens with zero attached hydrogens (tertiary/aromatic N) is 3. The van der Waals surface area contributed by atoms with Gasteiger partial charge in [0, 0.05) is 23.4 Å². The Kier molecular flexibility index (Phi) is 4.83. The van der Waals surface area contributed by atoms with Crippen molar-refractivity contribution in [3.05, 3.63) is 40.7 Å². The van der Waals surface area contributed by atoms with Crippen LogP contribution in [0.25, 0.3) is 0 Å². The summed E-state index contributed by atoms with van der Waals surface area (Å²) in [5, 5.41) is 13.6. The highest BCUT2D eigenvalue weighted by Crippen LogP contribution is 2.27. The SMILES string of the molecule is Cc1cc(CSc2nncn2C2CCCNC2)ccc1Cl. The summed E-state index contributed by atoms with van der Waals surface area (Å²) in [5.41, 5.74) is 2.38. The molecule has 0 aliphatic carbocycles. The van der Waals surface area contributed by atoms with Gasteiger partial charge in [0.1, 0.15) is 6.33 Å². The molecule has 0 amide bonds. The zero-order valence-corrected chi connectivity index (χ0v) is 13.6. The van der Waals surface area contributed by atoms with Crippen LogP contribution in [-0.2, 0) is 5.75 Å². The summed E-state index contributed by atoms with van der Waals surface area (Å²) in [6.45, 7) is 4.16. The summed E-state index contributed by atoms with van der Waals surface area (Å²) >= 11 is 7.80. The Bertz CT molecular complexity index is 607. The number of hydrogen-bond donors (Lipinski definition) is 1. The quantitative estimate of drug-likeness (QED) is 0.875. The highest BCUT2D eigenvalue weighted by molar-refractivity contribution is 7.98. The smallest absolute Gasteiger partial charge is 0.191 e. The van der Waals surface area contributed by atoms with Crippen LogP contribution in [-0.4, -0.2) is 27.9 Å². The molecule has 3 rings (SSSR count). The van der Waals surface area contributed by atoms with E-state index in [1.165, 1.54) is 18.4 Å². The predicted octanol–water partition coefficient (Wildman–Crippen LogP) is 3.46. The second-order valence-corrected chi connectivity index (χ2v) is 6.74. The van der Waals surface area contributed by atoms with Gasteiger partial charge in [-0.3, -0.25) is 0 Å². The maximum atomic E-state index is 6.07. The van der Waals surface area contributed by atoms with Gasteiger partial charge in [0.05, 0.1) is 0 Å². The Morgan fingerprint density at radius 1 is 1.48 bits per heavy atom. The Morgan fingerprint density at radius 3 is 3.14 bits per heavy atom. The van der Waals surface area contributed by atoms with Crippen molar-refractivity contribution in [3.63, 3.8) is 0 Å². The second-order valence-electron chi connectivity index (χ2n) is 5.39. The van der Waals surface area contributed by atoms with Crippen LogP contribution in [0.5, 0.6) is 0 Å². The first-order valence-corrected chi connectivity index (χ1v) is 8.58. The standard InChI is InChI=1S/C15H19ClN4S/c1-11-7-12(4-5-14(11)16)9-21-15-19-18-10-20(15)13-3-2-6-17-8-13/h4-5,7,10,13,17H,2-3,6,8-9H2,1H3. The minimum absolute atomic E-state index is 0.475.